The number of hydrogen-bond acceptors (Lipinski definition) is 7. The fraction of sp³-hybridized carbons (Fsp3) is 0.286. The van der Waals surface area contributed by atoms with E-state index in [0.29, 0.717) is 18.7 Å². The molecule has 162 valence electrons. The molecule has 0 radical (unpaired) electrons. The molecule has 0 unspecified atom stereocenters. The zero-order valence-corrected chi connectivity index (χ0v) is 17.1. The number of hydrogen-bond donors (Lipinski definition) is 2. The number of methoxy groups -OCH3 is 1. The molecule has 2 aromatic heterocycles. The van der Waals surface area contributed by atoms with Gasteiger partial charge in [-0.05, 0) is 13.0 Å². The second-order valence-corrected chi connectivity index (χ2v) is 7.02. The summed E-state index contributed by atoms with van der Waals surface area (Å²) in [6.45, 7) is 1.97. The van der Waals surface area contributed by atoms with E-state index in [1.165, 1.54) is 42.3 Å². The van der Waals surface area contributed by atoms with Crippen molar-refractivity contribution in [2.45, 2.75) is 32.2 Å². The Kier molecular flexibility index (Phi) is 6.49. The molecular weight excluding hydrogens is 404 g/mol. The number of rotatable bonds is 8. The fourth-order valence-corrected chi connectivity index (χ4v) is 3.59. The maximum Gasteiger partial charge on any atom is 0.306 e. The molecule has 3 aromatic rings. The van der Waals surface area contributed by atoms with Crippen molar-refractivity contribution in [3.63, 3.8) is 0 Å². The van der Waals surface area contributed by atoms with Gasteiger partial charge in [-0.15, -0.1) is 0 Å². The fourth-order valence-electron chi connectivity index (χ4n) is 3.59. The molecule has 0 amide bonds. The van der Waals surface area contributed by atoms with E-state index >= 15 is 0 Å². The Morgan fingerprint density at radius 1 is 1.39 bits per heavy atom. The van der Waals surface area contributed by atoms with Crippen LogP contribution in [0.3, 0.4) is 0 Å². The van der Waals surface area contributed by atoms with Crippen LogP contribution in [0.5, 0.6) is 5.75 Å². The number of nitrogens with one attached hydrogen (secondary N) is 1. The van der Waals surface area contributed by atoms with E-state index in [1.54, 1.807) is 19.2 Å². The summed E-state index contributed by atoms with van der Waals surface area (Å²) in [5.74, 6) is -2.04. The lowest BCUT2D eigenvalue weighted by Crippen LogP contribution is -2.29. The predicted octanol–water partition coefficient (Wildman–Crippen LogP) is 2.43. The van der Waals surface area contributed by atoms with Crippen molar-refractivity contribution in [1.29, 1.82) is 0 Å². The third-order valence-electron chi connectivity index (χ3n) is 5.14. The van der Waals surface area contributed by atoms with Crippen molar-refractivity contribution in [3.8, 4) is 5.75 Å². The van der Waals surface area contributed by atoms with Crippen molar-refractivity contribution in [1.82, 2.24) is 14.5 Å². The molecule has 0 spiro atoms. The van der Waals surface area contributed by atoms with Gasteiger partial charge in [0.25, 0.3) is 11.2 Å². The molecule has 1 atom stereocenters. The average molecular weight is 426 g/mol. The van der Waals surface area contributed by atoms with Gasteiger partial charge in [0.05, 0.1) is 30.3 Å². The quantitative estimate of drug-likeness (QED) is 0.320. The van der Waals surface area contributed by atoms with Gasteiger partial charge in [-0.3, -0.25) is 19.7 Å². The van der Waals surface area contributed by atoms with E-state index < -0.39 is 22.4 Å². The molecule has 0 aliphatic heterocycles. The zero-order chi connectivity index (χ0) is 22.5. The molecule has 10 heteroatoms. The van der Waals surface area contributed by atoms with Crippen LogP contribution in [0.15, 0.2) is 47.7 Å². The Bertz CT molecular complexity index is 1150. The Labute approximate surface area is 177 Å². The van der Waals surface area contributed by atoms with Gasteiger partial charge in [-0.1, -0.05) is 18.2 Å². The monoisotopic (exact) mass is 426 g/mol. The van der Waals surface area contributed by atoms with Crippen molar-refractivity contribution >= 4 is 11.7 Å². The van der Waals surface area contributed by atoms with E-state index in [0.717, 1.165) is 5.69 Å². The number of ether oxygens (including phenoxy) is 1. The Hall–Kier alpha value is -3.95. The molecule has 0 saturated carbocycles. The summed E-state index contributed by atoms with van der Waals surface area (Å²) in [7, 11) is 1.19. The van der Waals surface area contributed by atoms with E-state index in [1.807, 2.05) is 0 Å². The van der Waals surface area contributed by atoms with Gasteiger partial charge in [0.1, 0.15) is 5.75 Å². The number of carbonyl (C=O) groups excluding carboxylic acids is 1. The van der Waals surface area contributed by atoms with Gasteiger partial charge in [0, 0.05) is 48.1 Å². The maximum absolute atomic E-state index is 13.4. The number of nitrogens with zero attached hydrogens (tertiary/aromatic N) is 3. The van der Waals surface area contributed by atoms with Crippen molar-refractivity contribution < 1.29 is 19.6 Å². The lowest BCUT2D eigenvalue weighted by Gasteiger charge is -2.20. The summed E-state index contributed by atoms with van der Waals surface area (Å²) in [5.41, 5.74) is 0.629. The molecule has 31 heavy (non-hydrogen) atoms. The summed E-state index contributed by atoms with van der Waals surface area (Å²) in [5, 5.41) is 22.2. The minimum atomic E-state index is -1.06. The highest BCUT2D eigenvalue weighted by molar-refractivity contribution is 5.72. The first-order valence-corrected chi connectivity index (χ1v) is 9.54. The van der Waals surface area contributed by atoms with E-state index in [-0.39, 0.29) is 29.0 Å². The van der Waals surface area contributed by atoms with Crippen LogP contribution in [0, 0.1) is 17.0 Å². The van der Waals surface area contributed by atoms with Gasteiger partial charge >= 0.3 is 5.97 Å². The molecule has 0 saturated heterocycles. The summed E-state index contributed by atoms with van der Waals surface area (Å²) in [6.07, 6.45) is 3.33. The number of esters is 1. The van der Waals surface area contributed by atoms with Crippen molar-refractivity contribution in [2.24, 2.45) is 0 Å². The standard InChI is InChI=1S/C21H22N4O6/c1-13-9-18(26)20(21(28)24(13)8-7-14-11-22-12-23-14)16(10-19(27)31-2)15-5-3-4-6-17(15)25(29)30/h3-6,9,11-12,16,26H,7-8,10H2,1-2H3,(H,22,23)/t16-/m0/s1. The third kappa shape index (κ3) is 4.63. The number of imidazole rings is 1. The Balaban J connectivity index is 2.15. The molecule has 0 fully saturated rings. The van der Waals surface area contributed by atoms with Crippen LogP contribution >= 0.6 is 0 Å². The van der Waals surface area contributed by atoms with Crippen molar-refractivity contribution in [3.05, 3.63) is 85.8 Å². The van der Waals surface area contributed by atoms with Gasteiger partial charge in [-0.2, -0.15) is 0 Å². The SMILES string of the molecule is COC(=O)C[C@@H](c1ccccc1[N+](=O)[O-])c1c(O)cc(C)n(CCc2cnc[nH]2)c1=O. The van der Waals surface area contributed by atoms with E-state index in [2.05, 4.69) is 9.97 Å². The highest BCUT2D eigenvalue weighted by atomic mass is 16.6. The number of pyridine rings is 1. The summed E-state index contributed by atoms with van der Waals surface area (Å²) in [6, 6.07) is 7.26. The number of para-hydroxylation sites is 1. The number of aryl methyl sites for hydroxylation is 2. The topological polar surface area (TPSA) is 140 Å². The Morgan fingerprint density at radius 3 is 2.77 bits per heavy atom. The first-order valence-electron chi connectivity index (χ1n) is 9.54. The second-order valence-electron chi connectivity index (χ2n) is 7.02. The van der Waals surface area contributed by atoms with Gasteiger partial charge < -0.3 is 19.4 Å². The molecule has 1 aromatic carbocycles. The lowest BCUT2D eigenvalue weighted by atomic mass is 9.87. The van der Waals surface area contributed by atoms with E-state index in [4.69, 9.17) is 4.74 Å². The molecule has 0 aliphatic rings. The normalized spacial score (nSPS) is 11.8. The molecule has 2 N–H and O–H groups in total. The number of nitro groups is 1. The first-order chi connectivity index (χ1) is 14.8. The van der Waals surface area contributed by atoms with Crippen molar-refractivity contribution in [2.75, 3.05) is 7.11 Å². The smallest absolute Gasteiger partial charge is 0.306 e. The molecular formula is C21H22N4O6. The number of H-pyrrole nitrogens is 1. The highest BCUT2D eigenvalue weighted by Gasteiger charge is 2.31. The number of carbonyl (C=O) groups is 1. The lowest BCUT2D eigenvalue weighted by molar-refractivity contribution is -0.385. The summed E-state index contributed by atoms with van der Waals surface area (Å²) >= 11 is 0. The van der Waals surface area contributed by atoms with Crippen LogP contribution in [-0.2, 0) is 22.5 Å². The molecule has 0 aliphatic carbocycles. The van der Waals surface area contributed by atoms with Gasteiger partial charge in [-0.25, -0.2) is 4.98 Å². The molecule has 10 nitrogen and oxygen atoms in total. The predicted molar refractivity (Wildman–Crippen MR) is 111 cm³/mol. The van der Waals surface area contributed by atoms with Crippen LogP contribution in [0.2, 0.25) is 0 Å². The van der Waals surface area contributed by atoms with E-state index in [9.17, 15) is 24.8 Å². The summed E-state index contributed by atoms with van der Waals surface area (Å²) < 4.78 is 6.21. The number of benzene rings is 1. The zero-order valence-electron chi connectivity index (χ0n) is 17.1. The minimum absolute atomic E-state index is 0.0880. The second kappa shape index (κ2) is 9.24. The number of aromatic hydroxyl groups is 1. The number of aromatic amines is 1. The number of aromatic nitrogens is 3. The van der Waals surface area contributed by atoms with Crippen LogP contribution in [0.25, 0.3) is 0 Å². The van der Waals surface area contributed by atoms with Crippen LogP contribution in [-0.4, -0.2) is 37.6 Å². The largest absolute Gasteiger partial charge is 0.507 e. The summed E-state index contributed by atoms with van der Waals surface area (Å²) in [4.78, 5) is 43.4. The molecule has 2 heterocycles. The van der Waals surface area contributed by atoms with Crippen LogP contribution in [0.4, 0.5) is 5.69 Å². The maximum atomic E-state index is 13.4. The van der Waals surface area contributed by atoms with Gasteiger partial charge in [0.15, 0.2) is 0 Å². The average Bonchev–Trinajstić information content (AvgIpc) is 3.26. The first kappa shape index (κ1) is 21.8. The number of nitro benzene ring substituents is 1. The third-order valence-corrected chi connectivity index (χ3v) is 5.14. The minimum Gasteiger partial charge on any atom is -0.507 e. The van der Waals surface area contributed by atoms with Crippen LogP contribution in [0.1, 0.15) is 34.9 Å². The molecule has 0 bridgehead atoms. The Morgan fingerprint density at radius 2 is 2.13 bits per heavy atom. The highest BCUT2D eigenvalue weighted by Crippen LogP contribution is 2.37. The van der Waals surface area contributed by atoms with Crippen LogP contribution < -0.4 is 5.56 Å². The molecule has 3 rings (SSSR count). The van der Waals surface area contributed by atoms with Gasteiger partial charge in [0.2, 0.25) is 0 Å².